The number of rotatable bonds is 4. The quantitative estimate of drug-likeness (QED) is 0.802. The molecule has 0 aliphatic carbocycles. The number of benzene rings is 2. The van der Waals surface area contributed by atoms with Crippen LogP contribution in [0.2, 0.25) is 0 Å². The molecule has 0 unspecified atom stereocenters. The summed E-state index contributed by atoms with van der Waals surface area (Å²) in [5, 5.41) is 0. The Morgan fingerprint density at radius 3 is 2.17 bits per heavy atom. The molecule has 6 nitrogen and oxygen atoms in total. The van der Waals surface area contributed by atoms with Crippen LogP contribution in [0.1, 0.15) is 12.0 Å². The molecule has 0 aromatic heterocycles. The van der Waals surface area contributed by atoms with Crippen molar-refractivity contribution < 1.29 is 14.3 Å². The van der Waals surface area contributed by atoms with Crippen molar-refractivity contribution in [2.24, 2.45) is 5.92 Å². The molecule has 0 saturated carbocycles. The van der Waals surface area contributed by atoms with E-state index in [1.165, 1.54) is 11.3 Å². The highest BCUT2D eigenvalue weighted by atomic mass is 16.5. The SMILES string of the molecule is COc1ccc(N2C[C@H](C(=O)N3CCN(c4ccc(C)cc4)CC3)CC2=O)cc1. The molecule has 0 radical (unpaired) electrons. The van der Waals surface area contributed by atoms with Gasteiger partial charge in [-0.2, -0.15) is 0 Å². The van der Waals surface area contributed by atoms with Crippen molar-refractivity contribution >= 4 is 23.2 Å². The van der Waals surface area contributed by atoms with Crippen LogP contribution in [-0.4, -0.2) is 56.5 Å². The standard InChI is InChI=1S/C23H27N3O3/c1-17-3-5-19(6-4-17)24-11-13-25(14-12-24)23(28)18-15-22(27)26(16-18)20-7-9-21(29-2)10-8-20/h3-10,18H,11-16H2,1-2H3/t18-/m1/s1. The number of aryl methyl sites for hydroxylation is 1. The highest BCUT2D eigenvalue weighted by Gasteiger charge is 2.37. The minimum Gasteiger partial charge on any atom is -0.497 e. The molecule has 2 saturated heterocycles. The van der Waals surface area contributed by atoms with Gasteiger partial charge in [0, 0.05) is 50.5 Å². The van der Waals surface area contributed by atoms with Crippen LogP contribution in [0.15, 0.2) is 48.5 Å². The third-order valence-electron chi connectivity index (χ3n) is 5.85. The summed E-state index contributed by atoms with van der Waals surface area (Å²) in [4.78, 5) is 31.5. The Labute approximate surface area is 171 Å². The van der Waals surface area contributed by atoms with Crippen molar-refractivity contribution in [3.05, 3.63) is 54.1 Å². The number of hydrogen-bond donors (Lipinski definition) is 0. The fourth-order valence-electron chi connectivity index (χ4n) is 4.08. The lowest BCUT2D eigenvalue weighted by atomic mass is 10.1. The van der Waals surface area contributed by atoms with Crippen molar-refractivity contribution in [2.45, 2.75) is 13.3 Å². The number of ether oxygens (including phenoxy) is 1. The number of carbonyl (C=O) groups excluding carboxylic acids is 2. The van der Waals surface area contributed by atoms with Crippen molar-refractivity contribution in [3.8, 4) is 5.75 Å². The maximum atomic E-state index is 13.0. The van der Waals surface area contributed by atoms with E-state index in [4.69, 9.17) is 4.74 Å². The highest BCUT2D eigenvalue weighted by molar-refractivity contribution is 6.00. The summed E-state index contributed by atoms with van der Waals surface area (Å²) < 4.78 is 5.18. The predicted molar refractivity (Wildman–Crippen MR) is 113 cm³/mol. The summed E-state index contributed by atoms with van der Waals surface area (Å²) >= 11 is 0. The average Bonchev–Trinajstić information content (AvgIpc) is 3.15. The summed E-state index contributed by atoms with van der Waals surface area (Å²) in [7, 11) is 1.61. The van der Waals surface area contributed by atoms with Gasteiger partial charge in [0.25, 0.3) is 0 Å². The van der Waals surface area contributed by atoms with Crippen molar-refractivity contribution in [1.82, 2.24) is 4.90 Å². The maximum Gasteiger partial charge on any atom is 0.228 e. The largest absolute Gasteiger partial charge is 0.497 e. The van der Waals surface area contributed by atoms with Gasteiger partial charge in [-0.3, -0.25) is 9.59 Å². The van der Waals surface area contributed by atoms with E-state index in [2.05, 4.69) is 36.1 Å². The molecular formula is C23H27N3O3. The maximum absolute atomic E-state index is 13.0. The third-order valence-corrected chi connectivity index (χ3v) is 5.85. The van der Waals surface area contributed by atoms with E-state index in [9.17, 15) is 9.59 Å². The first-order valence-electron chi connectivity index (χ1n) is 10.1. The molecule has 6 heteroatoms. The molecule has 2 aliphatic heterocycles. The Morgan fingerprint density at radius 1 is 0.931 bits per heavy atom. The van der Waals surface area contributed by atoms with Gasteiger partial charge >= 0.3 is 0 Å². The Hall–Kier alpha value is -3.02. The minimum atomic E-state index is -0.268. The average molecular weight is 393 g/mol. The molecule has 0 bridgehead atoms. The Bertz CT molecular complexity index is 871. The lowest BCUT2D eigenvalue weighted by Gasteiger charge is -2.37. The minimum absolute atomic E-state index is 0.00630. The molecule has 29 heavy (non-hydrogen) atoms. The molecule has 0 N–H and O–H groups in total. The van der Waals surface area contributed by atoms with E-state index in [0.29, 0.717) is 19.6 Å². The number of nitrogens with zero attached hydrogens (tertiary/aromatic N) is 3. The summed E-state index contributed by atoms with van der Waals surface area (Å²) in [6.45, 7) is 5.55. The monoisotopic (exact) mass is 393 g/mol. The molecule has 152 valence electrons. The van der Waals surface area contributed by atoms with E-state index in [-0.39, 0.29) is 24.2 Å². The van der Waals surface area contributed by atoms with Gasteiger partial charge in [0.15, 0.2) is 0 Å². The van der Waals surface area contributed by atoms with Crippen LogP contribution in [0, 0.1) is 12.8 Å². The molecule has 2 fully saturated rings. The molecular weight excluding hydrogens is 366 g/mol. The molecule has 4 rings (SSSR count). The predicted octanol–water partition coefficient (Wildman–Crippen LogP) is 2.71. The van der Waals surface area contributed by atoms with Gasteiger partial charge in [-0.25, -0.2) is 0 Å². The van der Waals surface area contributed by atoms with Gasteiger partial charge in [0.05, 0.1) is 13.0 Å². The fraction of sp³-hybridized carbons (Fsp3) is 0.391. The van der Waals surface area contributed by atoms with Crippen LogP contribution in [-0.2, 0) is 9.59 Å². The molecule has 1 atom stereocenters. The van der Waals surface area contributed by atoms with E-state index >= 15 is 0 Å². The smallest absolute Gasteiger partial charge is 0.228 e. The second kappa shape index (κ2) is 8.15. The van der Waals surface area contributed by atoms with Gasteiger partial charge in [-0.1, -0.05) is 17.7 Å². The van der Waals surface area contributed by atoms with Crippen molar-refractivity contribution in [1.29, 1.82) is 0 Å². The third kappa shape index (κ3) is 4.06. The Kier molecular flexibility index (Phi) is 5.43. The Balaban J connectivity index is 1.35. The van der Waals surface area contributed by atoms with Gasteiger partial charge in [0.2, 0.25) is 11.8 Å². The number of hydrogen-bond acceptors (Lipinski definition) is 4. The zero-order valence-corrected chi connectivity index (χ0v) is 17.0. The first-order valence-corrected chi connectivity index (χ1v) is 10.1. The van der Waals surface area contributed by atoms with Gasteiger partial charge in [0.1, 0.15) is 5.75 Å². The van der Waals surface area contributed by atoms with Gasteiger partial charge in [-0.05, 0) is 43.3 Å². The second-order valence-electron chi connectivity index (χ2n) is 7.75. The number of methoxy groups -OCH3 is 1. The van der Waals surface area contributed by atoms with E-state index in [1.807, 2.05) is 29.2 Å². The summed E-state index contributed by atoms with van der Waals surface area (Å²) in [5.41, 5.74) is 3.26. The van der Waals surface area contributed by atoms with Gasteiger partial charge < -0.3 is 19.4 Å². The van der Waals surface area contributed by atoms with E-state index in [0.717, 1.165) is 24.5 Å². The normalized spacial score (nSPS) is 19.6. The molecule has 2 amide bonds. The fourth-order valence-corrected chi connectivity index (χ4v) is 4.08. The number of anilines is 2. The number of carbonyl (C=O) groups is 2. The first kappa shape index (κ1) is 19.3. The van der Waals surface area contributed by atoms with Crippen LogP contribution in [0.3, 0.4) is 0 Å². The topological polar surface area (TPSA) is 53.1 Å². The van der Waals surface area contributed by atoms with E-state index in [1.54, 1.807) is 12.0 Å². The lowest BCUT2D eigenvalue weighted by molar-refractivity contribution is -0.136. The van der Waals surface area contributed by atoms with Crippen LogP contribution in [0.5, 0.6) is 5.75 Å². The Morgan fingerprint density at radius 2 is 1.55 bits per heavy atom. The summed E-state index contributed by atoms with van der Waals surface area (Å²) in [5.74, 6) is 0.583. The zero-order valence-electron chi connectivity index (χ0n) is 17.0. The van der Waals surface area contributed by atoms with Crippen LogP contribution >= 0.6 is 0 Å². The number of piperazine rings is 1. The van der Waals surface area contributed by atoms with Crippen molar-refractivity contribution in [2.75, 3.05) is 49.6 Å². The second-order valence-corrected chi connectivity index (χ2v) is 7.75. The van der Waals surface area contributed by atoms with Crippen LogP contribution in [0.25, 0.3) is 0 Å². The highest BCUT2D eigenvalue weighted by Crippen LogP contribution is 2.28. The molecule has 2 aliphatic rings. The first-order chi connectivity index (χ1) is 14.0. The van der Waals surface area contributed by atoms with Crippen LogP contribution < -0.4 is 14.5 Å². The molecule has 2 heterocycles. The number of amides is 2. The lowest BCUT2D eigenvalue weighted by Crippen LogP contribution is -2.50. The van der Waals surface area contributed by atoms with Gasteiger partial charge in [-0.15, -0.1) is 0 Å². The molecule has 0 spiro atoms. The van der Waals surface area contributed by atoms with Crippen LogP contribution in [0.4, 0.5) is 11.4 Å². The zero-order chi connectivity index (χ0) is 20.4. The molecule has 2 aromatic rings. The summed E-state index contributed by atoms with van der Waals surface area (Å²) in [6.07, 6.45) is 0.281. The van der Waals surface area contributed by atoms with Crippen molar-refractivity contribution in [3.63, 3.8) is 0 Å². The van der Waals surface area contributed by atoms with E-state index < -0.39 is 0 Å². The molecule has 2 aromatic carbocycles. The summed E-state index contributed by atoms with van der Waals surface area (Å²) in [6, 6.07) is 15.9.